The molecule has 7 nitrogen and oxygen atoms in total. The van der Waals surface area contributed by atoms with E-state index in [1.807, 2.05) is 30.3 Å². The highest BCUT2D eigenvalue weighted by molar-refractivity contribution is 5.94. The van der Waals surface area contributed by atoms with Crippen LogP contribution >= 0.6 is 0 Å². The SMILES string of the molecule is CC[C@H](CNC(=O)[C@@H](C)OC(=O)c1cccc(NC(N)=O)c1)c1ccccc1. The predicted octanol–water partition coefficient (Wildman–Crippen LogP) is 3.03. The van der Waals surface area contributed by atoms with E-state index in [1.165, 1.54) is 19.1 Å². The molecule has 0 bridgehead atoms. The van der Waals surface area contributed by atoms with Crippen molar-refractivity contribution in [3.05, 3.63) is 65.7 Å². The minimum absolute atomic E-state index is 0.185. The highest BCUT2D eigenvalue weighted by atomic mass is 16.5. The second-order valence-electron chi connectivity index (χ2n) is 6.38. The topological polar surface area (TPSA) is 111 Å². The molecule has 0 unspecified atom stereocenters. The summed E-state index contributed by atoms with van der Waals surface area (Å²) < 4.78 is 5.23. The molecule has 0 saturated heterocycles. The van der Waals surface area contributed by atoms with Crippen LogP contribution in [0.4, 0.5) is 10.5 Å². The van der Waals surface area contributed by atoms with Gasteiger partial charge in [0.15, 0.2) is 6.10 Å². The Balaban J connectivity index is 1.91. The monoisotopic (exact) mass is 383 g/mol. The van der Waals surface area contributed by atoms with Gasteiger partial charge in [-0.05, 0) is 37.1 Å². The van der Waals surface area contributed by atoms with Crippen molar-refractivity contribution in [1.29, 1.82) is 0 Å². The number of benzene rings is 2. The van der Waals surface area contributed by atoms with Gasteiger partial charge in [-0.2, -0.15) is 0 Å². The zero-order valence-electron chi connectivity index (χ0n) is 16.0. The van der Waals surface area contributed by atoms with E-state index in [2.05, 4.69) is 17.6 Å². The van der Waals surface area contributed by atoms with Crippen molar-refractivity contribution in [3.63, 3.8) is 0 Å². The standard InChI is InChI=1S/C21H25N3O4/c1-3-15(16-8-5-4-6-9-16)13-23-19(25)14(2)28-20(26)17-10-7-11-18(12-17)24-21(22)27/h4-12,14-15H,3,13H2,1-2H3,(H,23,25)(H3,22,24,27)/t14-,15-/m1/s1. The smallest absolute Gasteiger partial charge is 0.338 e. The van der Waals surface area contributed by atoms with E-state index >= 15 is 0 Å². The van der Waals surface area contributed by atoms with E-state index in [4.69, 9.17) is 10.5 Å². The summed E-state index contributed by atoms with van der Waals surface area (Å²) in [4.78, 5) is 35.5. The van der Waals surface area contributed by atoms with Gasteiger partial charge in [0.1, 0.15) is 0 Å². The van der Waals surface area contributed by atoms with E-state index in [1.54, 1.807) is 12.1 Å². The van der Waals surface area contributed by atoms with Gasteiger partial charge in [-0.25, -0.2) is 9.59 Å². The molecule has 2 aromatic rings. The lowest BCUT2D eigenvalue weighted by Gasteiger charge is -2.18. The highest BCUT2D eigenvalue weighted by Crippen LogP contribution is 2.18. The Hall–Kier alpha value is -3.35. The number of urea groups is 1. The van der Waals surface area contributed by atoms with Gasteiger partial charge >= 0.3 is 12.0 Å². The molecule has 7 heteroatoms. The zero-order valence-corrected chi connectivity index (χ0v) is 16.0. The molecule has 0 aliphatic carbocycles. The quantitative estimate of drug-likeness (QED) is 0.609. The Morgan fingerprint density at radius 1 is 1.07 bits per heavy atom. The number of hydrogen-bond donors (Lipinski definition) is 3. The molecular weight excluding hydrogens is 358 g/mol. The lowest BCUT2D eigenvalue weighted by atomic mass is 9.96. The molecule has 4 N–H and O–H groups in total. The lowest BCUT2D eigenvalue weighted by Crippen LogP contribution is -2.38. The van der Waals surface area contributed by atoms with E-state index in [-0.39, 0.29) is 17.4 Å². The summed E-state index contributed by atoms with van der Waals surface area (Å²) in [5, 5.41) is 5.22. The summed E-state index contributed by atoms with van der Waals surface area (Å²) in [6, 6.07) is 15.3. The predicted molar refractivity (Wildman–Crippen MR) is 107 cm³/mol. The van der Waals surface area contributed by atoms with Crippen molar-refractivity contribution < 1.29 is 19.1 Å². The number of esters is 1. The molecule has 0 fully saturated rings. The van der Waals surface area contributed by atoms with Crippen LogP contribution in [-0.4, -0.2) is 30.6 Å². The average Bonchev–Trinajstić information content (AvgIpc) is 2.68. The summed E-state index contributed by atoms with van der Waals surface area (Å²) in [6.07, 6.45) is -0.0773. The molecule has 2 aromatic carbocycles. The number of rotatable bonds is 8. The molecule has 3 amide bonds. The van der Waals surface area contributed by atoms with Gasteiger partial charge in [-0.3, -0.25) is 4.79 Å². The van der Waals surface area contributed by atoms with E-state index < -0.39 is 18.1 Å². The van der Waals surface area contributed by atoms with Crippen molar-refractivity contribution in [2.24, 2.45) is 5.73 Å². The fourth-order valence-corrected chi connectivity index (χ4v) is 2.74. The zero-order chi connectivity index (χ0) is 20.5. The molecule has 0 aliphatic heterocycles. The number of amides is 3. The van der Waals surface area contributed by atoms with E-state index in [0.717, 1.165) is 12.0 Å². The first-order valence-electron chi connectivity index (χ1n) is 9.10. The van der Waals surface area contributed by atoms with Crippen molar-refractivity contribution >= 4 is 23.6 Å². The van der Waals surface area contributed by atoms with Gasteiger partial charge in [0, 0.05) is 18.2 Å². The van der Waals surface area contributed by atoms with E-state index in [9.17, 15) is 14.4 Å². The second kappa shape index (κ2) is 10.1. The number of nitrogens with one attached hydrogen (secondary N) is 2. The van der Waals surface area contributed by atoms with Crippen molar-refractivity contribution in [2.75, 3.05) is 11.9 Å². The van der Waals surface area contributed by atoms with Crippen LogP contribution in [0.3, 0.4) is 0 Å². The number of anilines is 1. The summed E-state index contributed by atoms with van der Waals surface area (Å²) in [7, 11) is 0. The maximum atomic E-state index is 12.3. The van der Waals surface area contributed by atoms with Crippen LogP contribution in [0.5, 0.6) is 0 Å². The first-order chi connectivity index (χ1) is 13.4. The lowest BCUT2D eigenvalue weighted by molar-refractivity contribution is -0.129. The number of nitrogens with two attached hydrogens (primary N) is 1. The fourth-order valence-electron chi connectivity index (χ4n) is 2.74. The first kappa shape index (κ1) is 21.0. The average molecular weight is 383 g/mol. The van der Waals surface area contributed by atoms with E-state index in [0.29, 0.717) is 12.2 Å². The number of primary amides is 1. The van der Waals surface area contributed by atoms with Crippen molar-refractivity contribution in [1.82, 2.24) is 5.32 Å². The van der Waals surface area contributed by atoms with Gasteiger partial charge < -0.3 is 21.1 Å². The third-order valence-electron chi connectivity index (χ3n) is 4.31. The van der Waals surface area contributed by atoms with Crippen LogP contribution in [0.15, 0.2) is 54.6 Å². The highest BCUT2D eigenvalue weighted by Gasteiger charge is 2.20. The maximum Gasteiger partial charge on any atom is 0.338 e. The van der Waals surface area contributed by atoms with Gasteiger partial charge in [-0.1, -0.05) is 43.3 Å². The number of carbonyl (C=O) groups excluding carboxylic acids is 3. The van der Waals surface area contributed by atoms with Crippen LogP contribution < -0.4 is 16.4 Å². The summed E-state index contributed by atoms with van der Waals surface area (Å²) >= 11 is 0. The Labute approximate surface area is 164 Å². The summed E-state index contributed by atoms with van der Waals surface area (Å²) in [5.41, 5.74) is 6.79. The Morgan fingerprint density at radius 2 is 1.79 bits per heavy atom. The molecule has 0 aromatic heterocycles. The third kappa shape index (κ3) is 6.12. The van der Waals surface area contributed by atoms with Crippen LogP contribution in [0.25, 0.3) is 0 Å². The van der Waals surface area contributed by atoms with Gasteiger partial charge in [-0.15, -0.1) is 0 Å². The van der Waals surface area contributed by atoms with Crippen molar-refractivity contribution in [3.8, 4) is 0 Å². The largest absolute Gasteiger partial charge is 0.449 e. The molecule has 2 atom stereocenters. The molecule has 0 saturated carbocycles. The first-order valence-corrected chi connectivity index (χ1v) is 9.10. The molecule has 0 aliphatic rings. The van der Waals surface area contributed by atoms with Crippen LogP contribution in [-0.2, 0) is 9.53 Å². The Morgan fingerprint density at radius 3 is 2.43 bits per heavy atom. The normalized spacial score (nSPS) is 12.5. The molecule has 0 spiro atoms. The summed E-state index contributed by atoms with van der Waals surface area (Å²) in [6.45, 7) is 4.03. The van der Waals surface area contributed by atoms with Gasteiger partial charge in [0.2, 0.25) is 0 Å². The summed E-state index contributed by atoms with van der Waals surface area (Å²) in [5.74, 6) is -0.843. The van der Waals surface area contributed by atoms with Gasteiger partial charge in [0.05, 0.1) is 5.56 Å². The van der Waals surface area contributed by atoms with Crippen LogP contribution in [0, 0.1) is 0 Å². The number of ether oxygens (including phenoxy) is 1. The van der Waals surface area contributed by atoms with Crippen molar-refractivity contribution in [2.45, 2.75) is 32.3 Å². The Bertz CT molecular complexity index is 823. The van der Waals surface area contributed by atoms with Crippen LogP contribution in [0.2, 0.25) is 0 Å². The second-order valence-corrected chi connectivity index (χ2v) is 6.38. The van der Waals surface area contributed by atoms with Gasteiger partial charge in [0.25, 0.3) is 5.91 Å². The molecule has 28 heavy (non-hydrogen) atoms. The molecular formula is C21H25N3O4. The minimum atomic E-state index is -0.950. The third-order valence-corrected chi connectivity index (χ3v) is 4.31. The molecule has 0 radical (unpaired) electrons. The Kier molecular flexibility index (Phi) is 7.56. The molecule has 0 heterocycles. The van der Waals surface area contributed by atoms with Crippen LogP contribution in [0.1, 0.15) is 42.1 Å². The fraction of sp³-hybridized carbons (Fsp3) is 0.286. The maximum absolute atomic E-state index is 12.3. The number of carbonyl (C=O) groups is 3. The minimum Gasteiger partial charge on any atom is -0.449 e. The number of hydrogen-bond acceptors (Lipinski definition) is 4. The molecule has 2 rings (SSSR count). The molecule has 148 valence electrons.